The minimum Gasteiger partial charge on any atom is -0.352 e. The SMILES string of the molecule is Cc1cccc(C(=O)NCCCN2CCCCS2(=O)=O)c1. The van der Waals surface area contributed by atoms with Gasteiger partial charge in [0.1, 0.15) is 0 Å². The van der Waals surface area contributed by atoms with Crippen molar-refractivity contribution in [3.05, 3.63) is 35.4 Å². The van der Waals surface area contributed by atoms with Crippen molar-refractivity contribution in [2.24, 2.45) is 0 Å². The molecular formula is C15H22N2O3S. The number of aryl methyl sites for hydroxylation is 1. The predicted octanol–water partition coefficient (Wildman–Crippen LogP) is 1.54. The van der Waals surface area contributed by atoms with Crippen molar-refractivity contribution >= 4 is 15.9 Å². The molecule has 1 aromatic rings. The summed E-state index contributed by atoms with van der Waals surface area (Å²) in [5.74, 6) is 0.142. The lowest BCUT2D eigenvalue weighted by Crippen LogP contribution is -2.39. The van der Waals surface area contributed by atoms with E-state index in [4.69, 9.17) is 0 Å². The number of hydrogen-bond acceptors (Lipinski definition) is 3. The summed E-state index contributed by atoms with van der Waals surface area (Å²) in [6, 6.07) is 7.41. The van der Waals surface area contributed by atoms with Crippen LogP contribution in [0.4, 0.5) is 0 Å². The fraction of sp³-hybridized carbons (Fsp3) is 0.533. The van der Waals surface area contributed by atoms with Gasteiger partial charge in [-0.05, 0) is 38.3 Å². The van der Waals surface area contributed by atoms with Crippen LogP contribution in [0.1, 0.15) is 35.2 Å². The van der Waals surface area contributed by atoms with E-state index in [1.165, 1.54) is 4.31 Å². The number of sulfonamides is 1. The molecule has 1 N–H and O–H groups in total. The molecule has 0 aromatic heterocycles. The monoisotopic (exact) mass is 310 g/mol. The number of rotatable bonds is 5. The lowest BCUT2D eigenvalue weighted by Gasteiger charge is -2.26. The normalized spacial score (nSPS) is 18.3. The van der Waals surface area contributed by atoms with Gasteiger partial charge in [-0.15, -0.1) is 0 Å². The van der Waals surface area contributed by atoms with E-state index in [2.05, 4.69) is 5.32 Å². The molecule has 1 aliphatic heterocycles. The molecule has 0 atom stereocenters. The molecule has 0 unspecified atom stereocenters. The Morgan fingerprint density at radius 1 is 1.33 bits per heavy atom. The molecule has 0 aliphatic carbocycles. The molecule has 5 nitrogen and oxygen atoms in total. The highest BCUT2D eigenvalue weighted by molar-refractivity contribution is 7.89. The second-order valence-corrected chi connectivity index (χ2v) is 7.49. The summed E-state index contributed by atoms with van der Waals surface area (Å²) in [5.41, 5.74) is 1.68. The highest BCUT2D eigenvalue weighted by atomic mass is 32.2. The summed E-state index contributed by atoms with van der Waals surface area (Å²) >= 11 is 0. The van der Waals surface area contributed by atoms with Gasteiger partial charge in [0.05, 0.1) is 5.75 Å². The Bertz CT molecular complexity index is 599. The Morgan fingerprint density at radius 2 is 2.14 bits per heavy atom. The predicted molar refractivity (Wildman–Crippen MR) is 82.7 cm³/mol. The van der Waals surface area contributed by atoms with Gasteiger partial charge in [0.2, 0.25) is 10.0 Å². The van der Waals surface area contributed by atoms with Crippen LogP contribution in [0.15, 0.2) is 24.3 Å². The first-order chi connectivity index (χ1) is 9.99. The second kappa shape index (κ2) is 7.04. The number of nitrogens with one attached hydrogen (secondary N) is 1. The van der Waals surface area contributed by atoms with Gasteiger partial charge >= 0.3 is 0 Å². The highest BCUT2D eigenvalue weighted by Crippen LogP contribution is 2.13. The zero-order valence-corrected chi connectivity index (χ0v) is 13.2. The van der Waals surface area contributed by atoms with Crippen molar-refractivity contribution in [3.8, 4) is 0 Å². The van der Waals surface area contributed by atoms with Crippen LogP contribution in [0.25, 0.3) is 0 Å². The van der Waals surface area contributed by atoms with Crippen molar-refractivity contribution in [1.82, 2.24) is 9.62 Å². The molecule has 0 saturated carbocycles. The molecule has 0 spiro atoms. The lowest BCUT2D eigenvalue weighted by molar-refractivity contribution is 0.0952. The molecule has 1 saturated heterocycles. The van der Waals surface area contributed by atoms with Gasteiger partial charge in [-0.25, -0.2) is 12.7 Å². The summed E-state index contributed by atoms with van der Waals surface area (Å²) in [5, 5.41) is 2.83. The van der Waals surface area contributed by atoms with Gasteiger partial charge < -0.3 is 5.32 Å². The first-order valence-electron chi connectivity index (χ1n) is 7.32. The minimum atomic E-state index is -3.06. The van der Waals surface area contributed by atoms with Crippen LogP contribution in [0, 0.1) is 6.92 Å². The number of carbonyl (C=O) groups is 1. The molecule has 1 amide bonds. The summed E-state index contributed by atoms with van der Waals surface area (Å²) in [7, 11) is -3.06. The number of carbonyl (C=O) groups excluding carboxylic acids is 1. The summed E-state index contributed by atoms with van der Waals surface area (Å²) in [4.78, 5) is 11.9. The third-order valence-electron chi connectivity index (χ3n) is 3.60. The first-order valence-corrected chi connectivity index (χ1v) is 8.93. The first kappa shape index (κ1) is 16.0. The molecular weight excluding hydrogens is 288 g/mol. The molecule has 1 fully saturated rings. The minimum absolute atomic E-state index is 0.111. The average molecular weight is 310 g/mol. The second-order valence-electron chi connectivity index (χ2n) is 5.40. The Morgan fingerprint density at radius 3 is 2.86 bits per heavy atom. The molecule has 2 rings (SSSR count). The van der Waals surface area contributed by atoms with Crippen LogP contribution in [0.5, 0.6) is 0 Å². The zero-order chi connectivity index (χ0) is 15.3. The van der Waals surface area contributed by atoms with E-state index in [1.807, 2.05) is 25.1 Å². The highest BCUT2D eigenvalue weighted by Gasteiger charge is 2.24. The third kappa shape index (κ3) is 4.54. The van der Waals surface area contributed by atoms with Crippen molar-refractivity contribution in [1.29, 1.82) is 0 Å². The quantitative estimate of drug-likeness (QED) is 0.839. The lowest BCUT2D eigenvalue weighted by atomic mass is 10.1. The summed E-state index contributed by atoms with van der Waals surface area (Å²) in [6.07, 6.45) is 2.31. The van der Waals surface area contributed by atoms with Gasteiger partial charge in [-0.1, -0.05) is 17.7 Å². The number of amides is 1. The molecule has 21 heavy (non-hydrogen) atoms. The number of hydrogen-bond donors (Lipinski definition) is 1. The van der Waals surface area contributed by atoms with Crippen molar-refractivity contribution in [2.75, 3.05) is 25.4 Å². The molecule has 1 aromatic carbocycles. The van der Waals surface area contributed by atoms with Crippen LogP contribution >= 0.6 is 0 Å². The Balaban J connectivity index is 1.76. The van der Waals surface area contributed by atoms with E-state index < -0.39 is 10.0 Å². The fourth-order valence-electron chi connectivity index (χ4n) is 2.44. The van der Waals surface area contributed by atoms with E-state index in [1.54, 1.807) is 6.07 Å². The summed E-state index contributed by atoms with van der Waals surface area (Å²) < 4.78 is 25.2. The van der Waals surface area contributed by atoms with Crippen molar-refractivity contribution < 1.29 is 13.2 Å². The van der Waals surface area contributed by atoms with E-state index in [0.29, 0.717) is 31.6 Å². The Hall–Kier alpha value is -1.40. The van der Waals surface area contributed by atoms with E-state index >= 15 is 0 Å². The molecule has 6 heteroatoms. The third-order valence-corrected chi connectivity index (χ3v) is 5.56. The maximum Gasteiger partial charge on any atom is 0.251 e. The van der Waals surface area contributed by atoms with Crippen LogP contribution in [0.3, 0.4) is 0 Å². The smallest absolute Gasteiger partial charge is 0.251 e. The molecule has 116 valence electrons. The molecule has 1 aliphatic rings. The van der Waals surface area contributed by atoms with E-state index in [9.17, 15) is 13.2 Å². The maximum absolute atomic E-state index is 11.9. The van der Waals surface area contributed by atoms with E-state index in [-0.39, 0.29) is 11.7 Å². The average Bonchev–Trinajstić information content (AvgIpc) is 2.44. The summed E-state index contributed by atoms with van der Waals surface area (Å²) in [6.45, 7) is 3.52. The molecule has 0 radical (unpaired) electrons. The van der Waals surface area contributed by atoms with Crippen LogP contribution < -0.4 is 5.32 Å². The fourth-order valence-corrected chi connectivity index (χ4v) is 4.08. The van der Waals surface area contributed by atoms with Gasteiger partial charge in [-0.2, -0.15) is 0 Å². The van der Waals surface area contributed by atoms with Gasteiger partial charge in [0.15, 0.2) is 0 Å². The van der Waals surface area contributed by atoms with Crippen molar-refractivity contribution in [2.45, 2.75) is 26.2 Å². The number of nitrogens with zero attached hydrogens (tertiary/aromatic N) is 1. The topological polar surface area (TPSA) is 66.5 Å². The molecule has 1 heterocycles. The zero-order valence-electron chi connectivity index (χ0n) is 12.3. The Kier molecular flexibility index (Phi) is 5.36. The molecule has 0 bridgehead atoms. The van der Waals surface area contributed by atoms with E-state index in [0.717, 1.165) is 18.4 Å². The van der Waals surface area contributed by atoms with Crippen LogP contribution in [-0.2, 0) is 10.0 Å². The Labute approximate surface area is 126 Å². The number of benzene rings is 1. The largest absolute Gasteiger partial charge is 0.352 e. The van der Waals surface area contributed by atoms with Gasteiger partial charge in [0, 0.05) is 25.2 Å². The van der Waals surface area contributed by atoms with Crippen molar-refractivity contribution in [3.63, 3.8) is 0 Å². The van der Waals surface area contributed by atoms with Gasteiger partial charge in [0.25, 0.3) is 5.91 Å². The van der Waals surface area contributed by atoms with Gasteiger partial charge in [-0.3, -0.25) is 4.79 Å². The van der Waals surface area contributed by atoms with Crippen LogP contribution in [-0.4, -0.2) is 44.0 Å². The standard InChI is InChI=1S/C15H22N2O3S/c1-13-6-4-7-14(12-13)15(18)16-8-5-10-17-9-2-3-11-21(17,19)20/h4,6-7,12H,2-3,5,8-11H2,1H3,(H,16,18). The maximum atomic E-state index is 11.9. The van der Waals surface area contributed by atoms with Crippen LogP contribution in [0.2, 0.25) is 0 Å².